The SMILES string of the molecule is FC(F)(F)C1Oc2ccc(/C=C/CN3CCCCC3)c(c2)O1. The fourth-order valence-corrected chi connectivity index (χ4v) is 2.70. The highest BCUT2D eigenvalue weighted by Crippen LogP contribution is 2.36. The molecule has 1 aromatic carbocycles. The number of benzene rings is 1. The van der Waals surface area contributed by atoms with Gasteiger partial charge in [-0.2, -0.15) is 13.2 Å². The van der Waals surface area contributed by atoms with Crippen molar-refractivity contribution in [1.29, 1.82) is 0 Å². The number of halogens is 3. The molecule has 1 aromatic rings. The van der Waals surface area contributed by atoms with Gasteiger partial charge in [0.15, 0.2) is 0 Å². The summed E-state index contributed by atoms with van der Waals surface area (Å²) < 4.78 is 47.8. The quantitative estimate of drug-likeness (QED) is 0.846. The van der Waals surface area contributed by atoms with Crippen molar-refractivity contribution in [2.24, 2.45) is 0 Å². The lowest BCUT2D eigenvalue weighted by Gasteiger charge is -2.27. The van der Waals surface area contributed by atoms with E-state index in [1.807, 2.05) is 12.2 Å². The third-order valence-electron chi connectivity index (χ3n) is 3.84. The summed E-state index contributed by atoms with van der Waals surface area (Å²) in [6, 6.07) is 4.73. The largest absolute Gasteiger partial charge is 0.464 e. The Kier molecular flexibility index (Phi) is 4.29. The van der Waals surface area contributed by atoms with E-state index in [9.17, 15) is 13.2 Å². The number of ether oxygens (including phenoxy) is 2. The van der Waals surface area contributed by atoms with Gasteiger partial charge in [-0.1, -0.05) is 18.6 Å². The van der Waals surface area contributed by atoms with E-state index in [1.54, 1.807) is 6.07 Å². The number of nitrogens with zero attached hydrogens (tertiary/aromatic N) is 1. The number of alkyl halides is 3. The van der Waals surface area contributed by atoms with Crippen molar-refractivity contribution in [1.82, 2.24) is 4.90 Å². The molecule has 0 spiro atoms. The second-order valence-corrected chi connectivity index (χ2v) is 5.57. The molecular formula is C16H18F3NO2. The lowest BCUT2D eigenvalue weighted by Crippen LogP contribution is -2.41. The van der Waals surface area contributed by atoms with Crippen LogP contribution in [0.25, 0.3) is 6.08 Å². The maximum Gasteiger partial charge on any atom is 0.464 e. The van der Waals surface area contributed by atoms with Gasteiger partial charge in [-0.25, -0.2) is 0 Å². The van der Waals surface area contributed by atoms with E-state index < -0.39 is 12.5 Å². The number of hydrogen-bond acceptors (Lipinski definition) is 3. The van der Waals surface area contributed by atoms with Crippen molar-refractivity contribution in [2.45, 2.75) is 31.7 Å². The van der Waals surface area contributed by atoms with Crippen LogP contribution >= 0.6 is 0 Å². The van der Waals surface area contributed by atoms with Crippen LogP contribution in [0.1, 0.15) is 24.8 Å². The molecule has 22 heavy (non-hydrogen) atoms. The number of piperidine rings is 1. The van der Waals surface area contributed by atoms with Gasteiger partial charge in [0.1, 0.15) is 11.5 Å². The summed E-state index contributed by atoms with van der Waals surface area (Å²) in [7, 11) is 0. The van der Waals surface area contributed by atoms with Crippen LogP contribution in [0.4, 0.5) is 13.2 Å². The molecule has 1 unspecified atom stereocenters. The van der Waals surface area contributed by atoms with Crippen molar-refractivity contribution >= 4 is 6.08 Å². The maximum atomic E-state index is 12.7. The smallest absolute Gasteiger partial charge is 0.447 e. The van der Waals surface area contributed by atoms with Crippen molar-refractivity contribution in [2.75, 3.05) is 19.6 Å². The molecule has 0 aromatic heterocycles. The number of hydrogen-bond donors (Lipinski definition) is 0. The molecule has 2 aliphatic heterocycles. The summed E-state index contributed by atoms with van der Waals surface area (Å²) in [6.07, 6.45) is 0.711. The predicted octanol–water partition coefficient (Wildman–Crippen LogP) is 3.85. The fraction of sp³-hybridized carbons (Fsp3) is 0.500. The average Bonchev–Trinajstić information content (AvgIpc) is 2.49. The van der Waals surface area contributed by atoms with Crippen molar-refractivity contribution in [3.05, 3.63) is 29.8 Å². The topological polar surface area (TPSA) is 21.7 Å². The zero-order valence-electron chi connectivity index (χ0n) is 12.1. The fourth-order valence-electron chi connectivity index (χ4n) is 2.70. The van der Waals surface area contributed by atoms with Crippen LogP contribution in [-0.4, -0.2) is 37.0 Å². The van der Waals surface area contributed by atoms with Gasteiger partial charge in [0, 0.05) is 18.2 Å². The Hall–Kier alpha value is -1.69. The van der Waals surface area contributed by atoms with Crippen LogP contribution in [0.2, 0.25) is 0 Å². The van der Waals surface area contributed by atoms with E-state index in [1.165, 1.54) is 31.4 Å². The number of fused-ring (bicyclic) bond motifs is 2. The molecule has 0 N–H and O–H groups in total. The predicted molar refractivity (Wildman–Crippen MR) is 76.9 cm³/mol. The zero-order chi connectivity index (χ0) is 15.6. The molecule has 2 heterocycles. The summed E-state index contributed by atoms with van der Waals surface area (Å²) >= 11 is 0. The van der Waals surface area contributed by atoms with Crippen LogP contribution in [0.5, 0.6) is 11.5 Å². The van der Waals surface area contributed by atoms with E-state index in [4.69, 9.17) is 9.47 Å². The molecule has 120 valence electrons. The summed E-state index contributed by atoms with van der Waals surface area (Å²) in [6.45, 7) is 2.97. The molecule has 2 aliphatic rings. The molecule has 2 bridgehead atoms. The van der Waals surface area contributed by atoms with Crippen LogP contribution in [0.15, 0.2) is 24.3 Å². The Morgan fingerprint density at radius 2 is 1.91 bits per heavy atom. The molecule has 0 radical (unpaired) electrons. The number of likely N-dealkylation sites (tertiary alicyclic amines) is 1. The Bertz CT molecular complexity index is 551. The minimum atomic E-state index is -4.54. The molecular weight excluding hydrogens is 295 g/mol. The average molecular weight is 313 g/mol. The normalized spacial score (nSPS) is 22.4. The Balaban J connectivity index is 1.66. The van der Waals surface area contributed by atoms with Crippen molar-refractivity contribution < 1.29 is 22.6 Å². The Morgan fingerprint density at radius 3 is 2.64 bits per heavy atom. The summed E-state index contributed by atoms with van der Waals surface area (Å²) in [5, 5.41) is 0. The molecule has 3 nitrogen and oxygen atoms in total. The Labute approximate surface area is 127 Å². The first-order valence-electron chi connectivity index (χ1n) is 7.45. The minimum absolute atomic E-state index is 0.178. The molecule has 0 saturated carbocycles. The highest BCUT2D eigenvalue weighted by molar-refractivity contribution is 5.60. The van der Waals surface area contributed by atoms with Crippen LogP contribution in [0, 0.1) is 0 Å². The minimum Gasteiger partial charge on any atom is -0.447 e. The summed E-state index contributed by atoms with van der Waals surface area (Å²) in [5.41, 5.74) is 0.637. The third-order valence-corrected chi connectivity index (χ3v) is 3.84. The molecule has 0 aliphatic carbocycles. The lowest BCUT2D eigenvalue weighted by atomic mass is 10.1. The Morgan fingerprint density at radius 1 is 1.14 bits per heavy atom. The third kappa shape index (κ3) is 3.55. The molecule has 0 amide bonds. The van der Waals surface area contributed by atoms with E-state index >= 15 is 0 Å². The van der Waals surface area contributed by atoms with Gasteiger partial charge in [-0.15, -0.1) is 0 Å². The van der Waals surface area contributed by atoms with Gasteiger partial charge >= 0.3 is 12.5 Å². The van der Waals surface area contributed by atoms with Gasteiger partial charge in [-0.3, -0.25) is 4.90 Å². The molecule has 1 atom stereocenters. The van der Waals surface area contributed by atoms with Crippen LogP contribution < -0.4 is 9.47 Å². The molecule has 1 fully saturated rings. The summed E-state index contributed by atoms with van der Waals surface area (Å²) in [5.74, 6) is 0.387. The maximum absolute atomic E-state index is 12.7. The lowest BCUT2D eigenvalue weighted by molar-refractivity contribution is -0.257. The van der Waals surface area contributed by atoms with Gasteiger partial charge in [0.25, 0.3) is 0 Å². The number of rotatable bonds is 3. The van der Waals surface area contributed by atoms with Gasteiger partial charge in [0.05, 0.1) is 0 Å². The standard InChI is InChI=1S/C16H18F3NO2/c17-16(18,19)15-21-13-7-6-12(14(11-13)22-15)5-4-10-20-8-2-1-3-9-20/h4-7,11,15H,1-3,8-10H2/b5-4+. The van der Waals surface area contributed by atoms with Gasteiger partial charge in [-0.05, 0) is 38.1 Å². The first-order chi connectivity index (χ1) is 10.5. The molecule has 6 heteroatoms. The van der Waals surface area contributed by atoms with Crippen LogP contribution in [0.3, 0.4) is 0 Å². The van der Waals surface area contributed by atoms with E-state index in [-0.39, 0.29) is 11.5 Å². The van der Waals surface area contributed by atoms with Gasteiger partial charge < -0.3 is 9.47 Å². The summed E-state index contributed by atoms with van der Waals surface area (Å²) in [4.78, 5) is 2.34. The second kappa shape index (κ2) is 6.20. The second-order valence-electron chi connectivity index (χ2n) is 5.57. The van der Waals surface area contributed by atoms with Crippen molar-refractivity contribution in [3.63, 3.8) is 0 Å². The first-order valence-corrected chi connectivity index (χ1v) is 7.45. The monoisotopic (exact) mass is 313 g/mol. The highest BCUT2D eigenvalue weighted by atomic mass is 19.4. The van der Waals surface area contributed by atoms with Crippen LogP contribution in [-0.2, 0) is 0 Å². The zero-order valence-corrected chi connectivity index (χ0v) is 12.1. The van der Waals surface area contributed by atoms with Crippen molar-refractivity contribution in [3.8, 4) is 11.5 Å². The highest BCUT2D eigenvalue weighted by Gasteiger charge is 2.46. The molecule has 1 saturated heterocycles. The molecule has 3 rings (SSSR count). The van der Waals surface area contributed by atoms with E-state index in [0.717, 1.165) is 19.6 Å². The first kappa shape index (κ1) is 15.2. The van der Waals surface area contributed by atoms with Gasteiger partial charge in [0.2, 0.25) is 0 Å². The van der Waals surface area contributed by atoms with E-state index in [2.05, 4.69) is 4.90 Å². The van der Waals surface area contributed by atoms with E-state index in [0.29, 0.717) is 5.56 Å².